The minimum atomic E-state index is -0.500. The summed E-state index contributed by atoms with van der Waals surface area (Å²) in [5.41, 5.74) is 0.813. The predicted octanol–water partition coefficient (Wildman–Crippen LogP) is 4.17. The fourth-order valence-electron chi connectivity index (χ4n) is 2.08. The van der Waals surface area contributed by atoms with Crippen LogP contribution in [0.2, 0.25) is 0 Å². The van der Waals surface area contributed by atoms with Crippen molar-refractivity contribution in [2.45, 2.75) is 47.1 Å². The van der Waals surface area contributed by atoms with Gasteiger partial charge in [-0.1, -0.05) is 34.6 Å². The molecule has 0 bridgehead atoms. The summed E-state index contributed by atoms with van der Waals surface area (Å²) in [6.07, 6.45) is 0.678. The second-order valence-electron chi connectivity index (χ2n) is 6.61. The Balaban J connectivity index is 2.82. The van der Waals surface area contributed by atoms with Crippen molar-refractivity contribution in [2.75, 3.05) is 6.54 Å². The molecule has 0 aliphatic rings. The first-order valence-corrected chi connectivity index (χ1v) is 6.87. The van der Waals surface area contributed by atoms with Gasteiger partial charge in [0.1, 0.15) is 11.6 Å². The molecule has 0 spiro atoms. The van der Waals surface area contributed by atoms with Gasteiger partial charge < -0.3 is 5.32 Å². The molecule has 1 N–H and O–H groups in total. The molecule has 0 saturated carbocycles. The first-order valence-electron chi connectivity index (χ1n) is 6.87. The van der Waals surface area contributed by atoms with Gasteiger partial charge in [-0.25, -0.2) is 8.78 Å². The average molecular weight is 269 g/mol. The number of nitrogens with one attached hydrogen (secondary N) is 1. The zero-order chi connectivity index (χ0) is 14.6. The molecule has 1 atom stereocenters. The Bertz CT molecular complexity index is 387. The maximum atomic E-state index is 13.2. The molecule has 19 heavy (non-hydrogen) atoms. The van der Waals surface area contributed by atoms with Crippen molar-refractivity contribution in [1.82, 2.24) is 5.32 Å². The smallest absolute Gasteiger partial charge is 0.126 e. The highest BCUT2D eigenvalue weighted by Crippen LogP contribution is 2.29. The zero-order valence-corrected chi connectivity index (χ0v) is 12.6. The normalized spacial score (nSPS) is 13.9. The summed E-state index contributed by atoms with van der Waals surface area (Å²) < 4.78 is 26.5. The van der Waals surface area contributed by atoms with Gasteiger partial charge in [-0.05, 0) is 42.0 Å². The Morgan fingerprint density at radius 1 is 1.05 bits per heavy atom. The van der Waals surface area contributed by atoms with Crippen LogP contribution in [0.1, 0.15) is 40.2 Å². The minimum Gasteiger partial charge on any atom is -0.314 e. The zero-order valence-electron chi connectivity index (χ0n) is 12.6. The van der Waals surface area contributed by atoms with Crippen LogP contribution in [0.3, 0.4) is 0 Å². The first kappa shape index (κ1) is 16.1. The maximum absolute atomic E-state index is 13.2. The van der Waals surface area contributed by atoms with Crippen molar-refractivity contribution in [3.8, 4) is 0 Å². The van der Waals surface area contributed by atoms with Gasteiger partial charge in [0.15, 0.2) is 0 Å². The van der Waals surface area contributed by atoms with Gasteiger partial charge in [0, 0.05) is 12.1 Å². The summed E-state index contributed by atoms with van der Waals surface area (Å²) in [6.45, 7) is 11.5. The molecule has 0 aromatic heterocycles. The summed E-state index contributed by atoms with van der Waals surface area (Å²) in [6, 6.07) is 4.19. The fourth-order valence-corrected chi connectivity index (χ4v) is 2.08. The third-order valence-electron chi connectivity index (χ3n) is 3.40. The summed E-state index contributed by atoms with van der Waals surface area (Å²) in [4.78, 5) is 0. The molecule has 0 fully saturated rings. The molecule has 0 aliphatic heterocycles. The fraction of sp³-hybridized carbons (Fsp3) is 0.625. The van der Waals surface area contributed by atoms with Crippen LogP contribution in [-0.4, -0.2) is 12.6 Å². The highest BCUT2D eigenvalue weighted by atomic mass is 19.1. The Labute approximate surface area is 115 Å². The molecule has 1 aromatic rings. The van der Waals surface area contributed by atoms with Crippen LogP contribution in [0.4, 0.5) is 8.78 Å². The number of rotatable bonds is 5. The van der Waals surface area contributed by atoms with Crippen LogP contribution in [0.15, 0.2) is 18.2 Å². The van der Waals surface area contributed by atoms with Crippen molar-refractivity contribution >= 4 is 0 Å². The molecule has 108 valence electrons. The Morgan fingerprint density at radius 2 is 1.58 bits per heavy atom. The van der Waals surface area contributed by atoms with Gasteiger partial charge in [0.2, 0.25) is 0 Å². The molecule has 0 heterocycles. The van der Waals surface area contributed by atoms with E-state index in [-0.39, 0.29) is 5.41 Å². The van der Waals surface area contributed by atoms with E-state index in [1.54, 1.807) is 0 Å². The SMILES string of the molecule is CC(C)NCC(Cc1cc(F)cc(F)c1)C(C)(C)C. The van der Waals surface area contributed by atoms with Crippen molar-refractivity contribution < 1.29 is 8.78 Å². The van der Waals surface area contributed by atoms with Crippen molar-refractivity contribution in [3.63, 3.8) is 0 Å². The molecule has 3 heteroatoms. The molecule has 1 unspecified atom stereocenters. The molecule has 0 amide bonds. The lowest BCUT2D eigenvalue weighted by molar-refractivity contribution is 0.226. The van der Waals surface area contributed by atoms with Crippen LogP contribution in [0.5, 0.6) is 0 Å². The van der Waals surface area contributed by atoms with Gasteiger partial charge in [-0.2, -0.15) is 0 Å². The highest BCUT2D eigenvalue weighted by Gasteiger charge is 2.25. The molecular weight excluding hydrogens is 244 g/mol. The van der Waals surface area contributed by atoms with Crippen LogP contribution in [0.25, 0.3) is 0 Å². The van der Waals surface area contributed by atoms with E-state index in [0.29, 0.717) is 18.4 Å². The summed E-state index contributed by atoms with van der Waals surface area (Å²) in [5, 5.41) is 3.41. The third-order valence-corrected chi connectivity index (χ3v) is 3.40. The lowest BCUT2D eigenvalue weighted by atomic mass is 9.77. The van der Waals surface area contributed by atoms with Crippen LogP contribution < -0.4 is 5.32 Å². The molecule has 1 nitrogen and oxygen atoms in total. The quantitative estimate of drug-likeness (QED) is 0.846. The monoisotopic (exact) mass is 269 g/mol. The van der Waals surface area contributed by atoms with Crippen molar-refractivity contribution in [1.29, 1.82) is 0 Å². The first-order chi connectivity index (χ1) is 8.68. The standard InChI is InChI=1S/C16H25F2N/c1-11(2)19-10-13(16(3,4)5)6-12-7-14(17)9-15(18)8-12/h7-9,11,13,19H,6,10H2,1-5H3. The van der Waals surface area contributed by atoms with E-state index in [2.05, 4.69) is 39.9 Å². The third kappa shape index (κ3) is 5.68. The largest absolute Gasteiger partial charge is 0.314 e. The van der Waals surface area contributed by atoms with Crippen LogP contribution in [-0.2, 0) is 6.42 Å². The van der Waals surface area contributed by atoms with Crippen molar-refractivity contribution in [2.24, 2.45) is 11.3 Å². The summed E-state index contributed by atoms with van der Waals surface area (Å²) in [5.74, 6) is -0.671. The number of benzene rings is 1. The van der Waals surface area contributed by atoms with E-state index in [1.165, 1.54) is 12.1 Å². The topological polar surface area (TPSA) is 12.0 Å². The second-order valence-corrected chi connectivity index (χ2v) is 6.61. The predicted molar refractivity (Wildman–Crippen MR) is 76.1 cm³/mol. The summed E-state index contributed by atoms with van der Waals surface area (Å²) >= 11 is 0. The van der Waals surface area contributed by atoms with Gasteiger partial charge in [-0.3, -0.25) is 0 Å². The highest BCUT2D eigenvalue weighted by molar-refractivity contribution is 5.18. The number of hydrogen-bond donors (Lipinski definition) is 1. The van der Waals surface area contributed by atoms with Gasteiger partial charge in [-0.15, -0.1) is 0 Å². The van der Waals surface area contributed by atoms with E-state index in [9.17, 15) is 8.78 Å². The van der Waals surface area contributed by atoms with E-state index >= 15 is 0 Å². The molecule has 1 rings (SSSR count). The van der Waals surface area contributed by atoms with Gasteiger partial charge >= 0.3 is 0 Å². The van der Waals surface area contributed by atoms with Crippen molar-refractivity contribution in [3.05, 3.63) is 35.4 Å². The van der Waals surface area contributed by atoms with Gasteiger partial charge in [0.05, 0.1) is 0 Å². The molecule has 1 aromatic carbocycles. The van der Waals surface area contributed by atoms with E-state index in [1.807, 2.05) is 0 Å². The second kappa shape index (κ2) is 6.47. The number of hydrogen-bond acceptors (Lipinski definition) is 1. The minimum absolute atomic E-state index is 0.0880. The Morgan fingerprint density at radius 3 is 2.00 bits per heavy atom. The van der Waals surface area contributed by atoms with E-state index < -0.39 is 11.6 Å². The van der Waals surface area contributed by atoms with Crippen LogP contribution in [0, 0.1) is 23.0 Å². The molecular formula is C16H25F2N. The lowest BCUT2D eigenvalue weighted by Gasteiger charge is -2.32. The molecule has 0 saturated heterocycles. The Kier molecular flexibility index (Phi) is 5.48. The Hall–Kier alpha value is -0.960. The molecule has 0 radical (unpaired) electrons. The van der Waals surface area contributed by atoms with E-state index in [0.717, 1.165) is 18.2 Å². The van der Waals surface area contributed by atoms with E-state index in [4.69, 9.17) is 0 Å². The average Bonchev–Trinajstić information content (AvgIpc) is 2.20. The van der Waals surface area contributed by atoms with Gasteiger partial charge in [0.25, 0.3) is 0 Å². The van der Waals surface area contributed by atoms with Crippen LogP contribution >= 0.6 is 0 Å². The lowest BCUT2D eigenvalue weighted by Crippen LogP contribution is -2.36. The number of halogens is 2. The maximum Gasteiger partial charge on any atom is 0.126 e. The summed E-state index contributed by atoms with van der Waals surface area (Å²) in [7, 11) is 0. The molecule has 0 aliphatic carbocycles.